The van der Waals surface area contributed by atoms with Crippen LogP contribution in [0.3, 0.4) is 0 Å². The molecule has 4 nitrogen and oxygen atoms in total. The minimum Gasteiger partial charge on any atom is -0.506 e. The fraction of sp³-hybridized carbons (Fsp3) is 0.133. The second-order valence-electron chi connectivity index (χ2n) is 4.84. The van der Waals surface area contributed by atoms with Crippen LogP contribution >= 0.6 is 0 Å². The molecule has 0 bridgehead atoms. The molecule has 0 amide bonds. The average molecular weight is 308 g/mol. The maximum atomic E-state index is 13.0. The highest BCUT2D eigenvalue weighted by Gasteiger charge is 2.33. The van der Waals surface area contributed by atoms with E-state index in [1.54, 1.807) is 6.07 Å². The highest BCUT2D eigenvalue weighted by molar-refractivity contribution is 5.81. The third-order valence-electron chi connectivity index (χ3n) is 3.44. The molecule has 0 atom stereocenters. The number of aromatic hydroxyl groups is 1. The predicted molar refractivity (Wildman–Crippen MR) is 74.8 cm³/mol. The molecule has 1 heterocycles. The third kappa shape index (κ3) is 2.34. The summed E-state index contributed by atoms with van der Waals surface area (Å²) < 4.78 is 40.2. The number of hydrogen-bond donors (Lipinski definition) is 2. The summed E-state index contributed by atoms with van der Waals surface area (Å²) in [6, 6.07) is 9.58. The lowest BCUT2D eigenvalue weighted by molar-refractivity contribution is -0.138. The fourth-order valence-electron chi connectivity index (χ4n) is 2.43. The lowest BCUT2D eigenvalue weighted by Gasteiger charge is -2.13. The molecule has 0 spiro atoms. The molecular formula is C15H11F3N2O2. The normalized spacial score (nSPS) is 12.0. The summed E-state index contributed by atoms with van der Waals surface area (Å²) >= 11 is 0. The first-order valence-electron chi connectivity index (χ1n) is 6.43. The number of halogens is 3. The van der Waals surface area contributed by atoms with Crippen molar-refractivity contribution in [3.05, 3.63) is 64.1 Å². The number of aromatic amines is 1. The number of para-hydroxylation sites is 1. The first kappa shape index (κ1) is 14.2. The number of aromatic nitrogens is 2. The van der Waals surface area contributed by atoms with Gasteiger partial charge in [-0.05, 0) is 23.8 Å². The van der Waals surface area contributed by atoms with Gasteiger partial charge in [0.25, 0.3) is 0 Å². The Morgan fingerprint density at radius 2 is 1.82 bits per heavy atom. The number of H-pyrrole nitrogens is 1. The second kappa shape index (κ2) is 4.94. The fourth-order valence-corrected chi connectivity index (χ4v) is 2.43. The first-order valence-corrected chi connectivity index (χ1v) is 6.43. The molecule has 3 aromatic rings. The van der Waals surface area contributed by atoms with Gasteiger partial charge in [-0.15, -0.1) is 0 Å². The maximum absolute atomic E-state index is 13.0. The van der Waals surface area contributed by atoms with E-state index in [1.165, 1.54) is 34.9 Å². The van der Waals surface area contributed by atoms with Gasteiger partial charge in [0.1, 0.15) is 11.3 Å². The molecule has 2 N–H and O–H groups in total. The van der Waals surface area contributed by atoms with Crippen LogP contribution in [-0.2, 0) is 12.7 Å². The number of fused-ring (bicyclic) bond motifs is 1. The van der Waals surface area contributed by atoms with Crippen LogP contribution in [0, 0.1) is 0 Å². The van der Waals surface area contributed by atoms with Crippen LogP contribution in [0.5, 0.6) is 5.75 Å². The van der Waals surface area contributed by atoms with Gasteiger partial charge in [0.2, 0.25) is 0 Å². The Morgan fingerprint density at radius 1 is 1.09 bits per heavy atom. The summed E-state index contributed by atoms with van der Waals surface area (Å²) in [5, 5.41) is 9.70. The summed E-state index contributed by atoms with van der Waals surface area (Å²) in [5.74, 6) is -0.127. The molecule has 0 saturated carbocycles. The predicted octanol–water partition coefficient (Wildman–Crippen LogP) is 3.10. The van der Waals surface area contributed by atoms with E-state index in [0.29, 0.717) is 5.52 Å². The van der Waals surface area contributed by atoms with Crippen molar-refractivity contribution < 1.29 is 18.3 Å². The molecule has 7 heteroatoms. The van der Waals surface area contributed by atoms with E-state index in [2.05, 4.69) is 4.98 Å². The van der Waals surface area contributed by atoms with Crippen molar-refractivity contribution in [3.8, 4) is 5.75 Å². The zero-order valence-electron chi connectivity index (χ0n) is 11.2. The molecule has 0 aliphatic rings. The van der Waals surface area contributed by atoms with E-state index in [-0.39, 0.29) is 23.4 Å². The van der Waals surface area contributed by atoms with Crippen molar-refractivity contribution in [1.82, 2.24) is 9.55 Å². The zero-order chi connectivity index (χ0) is 15.9. The molecule has 22 heavy (non-hydrogen) atoms. The molecule has 2 aromatic carbocycles. The number of phenolic OH excluding ortho intramolecular Hbond substituents is 1. The van der Waals surface area contributed by atoms with Crippen molar-refractivity contribution in [3.63, 3.8) is 0 Å². The highest BCUT2D eigenvalue weighted by Crippen LogP contribution is 2.32. The van der Waals surface area contributed by atoms with E-state index < -0.39 is 17.4 Å². The van der Waals surface area contributed by atoms with Crippen LogP contribution < -0.4 is 5.69 Å². The molecule has 1 aromatic heterocycles. The van der Waals surface area contributed by atoms with E-state index in [4.69, 9.17) is 0 Å². The maximum Gasteiger partial charge on any atom is 0.416 e. The molecule has 0 aliphatic heterocycles. The van der Waals surface area contributed by atoms with Gasteiger partial charge < -0.3 is 10.1 Å². The number of phenols is 1. The summed E-state index contributed by atoms with van der Waals surface area (Å²) in [6.07, 6.45) is -4.49. The number of benzene rings is 2. The molecule has 0 radical (unpaired) electrons. The Hall–Kier alpha value is -2.70. The van der Waals surface area contributed by atoms with E-state index in [9.17, 15) is 23.1 Å². The van der Waals surface area contributed by atoms with Crippen molar-refractivity contribution in [1.29, 1.82) is 0 Å². The largest absolute Gasteiger partial charge is 0.506 e. The Balaban J connectivity index is 2.15. The minimum absolute atomic E-state index is 0.0126. The van der Waals surface area contributed by atoms with E-state index >= 15 is 0 Å². The number of hydrogen-bond acceptors (Lipinski definition) is 2. The van der Waals surface area contributed by atoms with E-state index in [0.717, 1.165) is 6.07 Å². The molecule has 0 unspecified atom stereocenters. The van der Waals surface area contributed by atoms with Gasteiger partial charge in [-0.1, -0.05) is 24.3 Å². The van der Waals surface area contributed by atoms with Crippen molar-refractivity contribution in [2.24, 2.45) is 0 Å². The van der Waals surface area contributed by atoms with Gasteiger partial charge in [0, 0.05) is 0 Å². The summed E-state index contributed by atoms with van der Waals surface area (Å²) in [6.45, 7) is -0.238. The number of imidazole rings is 1. The molecule has 114 valence electrons. The van der Waals surface area contributed by atoms with Crippen LogP contribution in [-0.4, -0.2) is 14.7 Å². The number of nitrogens with one attached hydrogen (secondary N) is 1. The zero-order valence-corrected chi connectivity index (χ0v) is 11.2. The van der Waals surface area contributed by atoms with Gasteiger partial charge in [-0.2, -0.15) is 13.2 Å². The smallest absolute Gasteiger partial charge is 0.416 e. The van der Waals surface area contributed by atoms with Crippen LogP contribution in [0.25, 0.3) is 11.0 Å². The van der Waals surface area contributed by atoms with Crippen LogP contribution in [0.4, 0.5) is 13.2 Å². The lowest BCUT2D eigenvalue weighted by Crippen LogP contribution is -2.19. The SMILES string of the molecule is O=c1[nH]c2c(O)cccc2n1Cc1ccccc1C(F)(F)F. The van der Waals surface area contributed by atoms with Gasteiger partial charge in [-0.25, -0.2) is 4.79 Å². The topological polar surface area (TPSA) is 58.0 Å². The first-order chi connectivity index (χ1) is 10.4. The molecule has 0 fully saturated rings. The Kier molecular flexibility index (Phi) is 3.20. The minimum atomic E-state index is -4.49. The van der Waals surface area contributed by atoms with E-state index in [1.807, 2.05) is 0 Å². The number of rotatable bonds is 2. The van der Waals surface area contributed by atoms with Crippen LogP contribution in [0.2, 0.25) is 0 Å². The Bertz CT molecular complexity index is 894. The molecule has 3 rings (SSSR count). The van der Waals surface area contributed by atoms with Crippen molar-refractivity contribution in [2.75, 3.05) is 0 Å². The second-order valence-corrected chi connectivity index (χ2v) is 4.84. The van der Waals surface area contributed by atoms with Gasteiger partial charge in [0.15, 0.2) is 0 Å². The Labute approximate surface area is 122 Å². The monoisotopic (exact) mass is 308 g/mol. The van der Waals surface area contributed by atoms with Crippen LogP contribution in [0.1, 0.15) is 11.1 Å². The summed E-state index contributed by atoms with van der Waals surface area (Å²) in [5.41, 5.74) is -0.815. The van der Waals surface area contributed by atoms with Gasteiger partial charge in [0.05, 0.1) is 17.6 Å². The quantitative estimate of drug-likeness (QED) is 0.764. The van der Waals surface area contributed by atoms with Crippen LogP contribution in [0.15, 0.2) is 47.3 Å². The summed E-state index contributed by atoms with van der Waals surface area (Å²) in [7, 11) is 0. The average Bonchev–Trinajstić information content (AvgIpc) is 2.77. The Morgan fingerprint density at radius 3 is 2.55 bits per heavy atom. The molecule has 0 saturated heterocycles. The van der Waals surface area contributed by atoms with Crippen molar-refractivity contribution >= 4 is 11.0 Å². The third-order valence-corrected chi connectivity index (χ3v) is 3.44. The lowest BCUT2D eigenvalue weighted by atomic mass is 10.1. The molecular weight excluding hydrogens is 297 g/mol. The van der Waals surface area contributed by atoms with Gasteiger partial charge >= 0.3 is 11.9 Å². The number of alkyl halides is 3. The van der Waals surface area contributed by atoms with Gasteiger partial charge in [-0.3, -0.25) is 4.57 Å². The molecule has 0 aliphatic carbocycles. The standard InChI is InChI=1S/C15H11F3N2O2/c16-15(17,18)10-5-2-1-4-9(10)8-20-11-6-3-7-12(21)13(11)19-14(20)22/h1-7,21H,8H2,(H,19,22). The number of nitrogens with zero attached hydrogens (tertiary/aromatic N) is 1. The van der Waals surface area contributed by atoms with Crippen molar-refractivity contribution in [2.45, 2.75) is 12.7 Å². The highest BCUT2D eigenvalue weighted by atomic mass is 19.4. The summed E-state index contributed by atoms with van der Waals surface area (Å²) in [4.78, 5) is 14.4.